The first-order chi connectivity index (χ1) is 6.78. The normalized spacial score (nSPS) is 17.9. The second-order valence-electron chi connectivity index (χ2n) is 3.63. The predicted octanol–water partition coefficient (Wildman–Crippen LogP) is 0.233. The largest absolute Gasteiger partial charge is 0.481 e. The van der Waals surface area contributed by atoms with E-state index in [1.54, 1.807) is 7.11 Å². The average molecular weight is 193 g/mol. The van der Waals surface area contributed by atoms with Crippen LogP contribution in [-0.2, 0) is 6.54 Å². The standard InChI is InChI=1S/C10H15N3O/c1-14-10-4-2-3-9(12-10)7-13-5-8(11)6-13/h2-4,8H,5-7,11H2,1H3. The van der Waals surface area contributed by atoms with E-state index in [-0.39, 0.29) is 0 Å². The van der Waals surface area contributed by atoms with Gasteiger partial charge in [-0.3, -0.25) is 4.90 Å². The van der Waals surface area contributed by atoms with E-state index in [1.165, 1.54) is 0 Å². The molecule has 1 aliphatic heterocycles. The van der Waals surface area contributed by atoms with E-state index >= 15 is 0 Å². The van der Waals surface area contributed by atoms with Gasteiger partial charge in [-0.05, 0) is 6.07 Å². The minimum atomic E-state index is 0.348. The Morgan fingerprint density at radius 2 is 2.36 bits per heavy atom. The summed E-state index contributed by atoms with van der Waals surface area (Å²) < 4.78 is 5.05. The van der Waals surface area contributed by atoms with E-state index in [2.05, 4.69) is 9.88 Å². The quantitative estimate of drug-likeness (QED) is 0.746. The topological polar surface area (TPSA) is 51.4 Å². The molecule has 0 spiro atoms. The molecule has 76 valence electrons. The number of ether oxygens (including phenoxy) is 1. The lowest BCUT2D eigenvalue weighted by Gasteiger charge is -2.36. The van der Waals surface area contributed by atoms with Crippen molar-refractivity contribution < 1.29 is 4.74 Å². The van der Waals surface area contributed by atoms with Crippen molar-refractivity contribution in [3.8, 4) is 5.88 Å². The predicted molar refractivity (Wildman–Crippen MR) is 54.0 cm³/mol. The first kappa shape index (κ1) is 9.43. The van der Waals surface area contributed by atoms with Crippen LogP contribution in [0.2, 0.25) is 0 Å². The van der Waals surface area contributed by atoms with Crippen molar-refractivity contribution in [1.29, 1.82) is 0 Å². The molecule has 1 aromatic heterocycles. The number of rotatable bonds is 3. The smallest absolute Gasteiger partial charge is 0.213 e. The number of hydrogen-bond donors (Lipinski definition) is 1. The van der Waals surface area contributed by atoms with Gasteiger partial charge in [0.2, 0.25) is 5.88 Å². The highest BCUT2D eigenvalue weighted by molar-refractivity contribution is 5.15. The maximum absolute atomic E-state index is 5.69. The number of pyridine rings is 1. The van der Waals surface area contributed by atoms with Crippen molar-refractivity contribution in [3.05, 3.63) is 23.9 Å². The fourth-order valence-corrected chi connectivity index (χ4v) is 1.63. The molecule has 14 heavy (non-hydrogen) atoms. The van der Waals surface area contributed by atoms with Gasteiger partial charge in [0.1, 0.15) is 0 Å². The molecule has 0 aromatic carbocycles. The number of hydrogen-bond acceptors (Lipinski definition) is 4. The Balaban J connectivity index is 1.95. The number of methoxy groups -OCH3 is 1. The lowest BCUT2D eigenvalue weighted by Crippen LogP contribution is -2.54. The van der Waals surface area contributed by atoms with E-state index in [0.29, 0.717) is 11.9 Å². The molecule has 4 heteroatoms. The molecule has 0 atom stereocenters. The van der Waals surface area contributed by atoms with Crippen LogP contribution in [0.1, 0.15) is 5.69 Å². The van der Waals surface area contributed by atoms with Crippen molar-refractivity contribution in [1.82, 2.24) is 9.88 Å². The molecule has 2 N–H and O–H groups in total. The molecule has 2 heterocycles. The molecule has 1 aromatic rings. The molecule has 0 bridgehead atoms. The van der Waals surface area contributed by atoms with Crippen molar-refractivity contribution >= 4 is 0 Å². The molecule has 1 aliphatic rings. The molecule has 0 amide bonds. The summed E-state index contributed by atoms with van der Waals surface area (Å²) in [6.45, 7) is 2.81. The Bertz CT molecular complexity index is 310. The Hall–Kier alpha value is -1.13. The summed E-state index contributed by atoms with van der Waals surface area (Å²) >= 11 is 0. The zero-order valence-electron chi connectivity index (χ0n) is 8.31. The zero-order valence-corrected chi connectivity index (χ0v) is 8.31. The maximum atomic E-state index is 5.69. The molecule has 1 fully saturated rings. The van der Waals surface area contributed by atoms with E-state index in [9.17, 15) is 0 Å². The third-order valence-corrected chi connectivity index (χ3v) is 2.36. The Labute approximate surface area is 83.7 Å². The maximum Gasteiger partial charge on any atom is 0.213 e. The van der Waals surface area contributed by atoms with Crippen LogP contribution < -0.4 is 10.5 Å². The van der Waals surface area contributed by atoms with Crippen LogP contribution in [0.25, 0.3) is 0 Å². The van der Waals surface area contributed by atoms with Crippen LogP contribution in [0.4, 0.5) is 0 Å². The van der Waals surface area contributed by atoms with Gasteiger partial charge in [-0.2, -0.15) is 0 Å². The van der Waals surface area contributed by atoms with Crippen LogP contribution in [-0.4, -0.2) is 36.1 Å². The van der Waals surface area contributed by atoms with Gasteiger partial charge >= 0.3 is 0 Å². The van der Waals surface area contributed by atoms with Crippen molar-refractivity contribution in [2.75, 3.05) is 20.2 Å². The van der Waals surface area contributed by atoms with Crippen molar-refractivity contribution in [2.45, 2.75) is 12.6 Å². The number of nitrogens with zero attached hydrogens (tertiary/aromatic N) is 2. The molecular weight excluding hydrogens is 178 g/mol. The summed E-state index contributed by atoms with van der Waals surface area (Å²) in [5, 5.41) is 0. The lowest BCUT2D eigenvalue weighted by atomic mass is 10.1. The summed E-state index contributed by atoms with van der Waals surface area (Å²) in [7, 11) is 1.63. The number of aromatic nitrogens is 1. The third kappa shape index (κ3) is 2.02. The molecule has 2 rings (SSSR count). The summed E-state index contributed by atoms with van der Waals surface area (Å²) in [6.07, 6.45) is 0. The fourth-order valence-electron chi connectivity index (χ4n) is 1.63. The van der Waals surface area contributed by atoms with E-state index in [0.717, 1.165) is 25.3 Å². The van der Waals surface area contributed by atoms with Gasteiger partial charge in [0.25, 0.3) is 0 Å². The molecule has 1 saturated heterocycles. The van der Waals surface area contributed by atoms with E-state index in [1.807, 2.05) is 18.2 Å². The molecule has 0 radical (unpaired) electrons. The van der Waals surface area contributed by atoms with Gasteiger partial charge in [0.05, 0.1) is 12.8 Å². The molecule has 0 saturated carbocycles. The third-order valence-electron chi connectivity index (χ3n) is 2.36. The molecule has 0 unspecified atom stereocenters. The second kappa shape index (κ2) is 3.94. The first-order valence-corrected chi connectivity index (χ1v) is 4.76. The Kier molecular flexibility index (Phi) is 2.65. The number of nitrogens with two attached hydrogens (primary N) is 1. The summed E-state index contributed by atoms with van der Waals surface area (Å²) in [5.74, 6) is 0.673. The summed E-state index contributed by atoms with van der Waals surface area (Å²) in [5.41, 5.74) is 6.73. The molecule has 4 nitrogen and oxygen atoms in total. The number of likely N-dealkylation sites (tertiary alicyclic amines) is 1. The van der Waals surface area contributed by atoms with Crippen LogP contribution >= 0.6 is 0 Å². The first-order valence-electron chi connectivity index (χ1n) is 4.76. The SMILES string of the molecule is COc1cccc(CN2CC(N)C2)n1. The van der Waals surface area contributed by atoms with Gasteiger partial charge < -0.3 is 10.5 Å². The van der Waals surface area contributed by atoms with Gasteiger partial charge in [-0.1, -0.05) is 6.07 Å². The Morgan fingerprint density at radius 1 is 1.57 bits per heavy atom. The monoisotopic (exact) mass is 193 g/mol. The van der Waals surface area contributed by atoms with E-state index < -0.39 is 0 Å². The highest BCUT2D eigenvalue weighted by Gasteiger charge is 2.22. The van der Waals surface area contributed by atoms with Crippen LogP contribution in [0, 0.1) is 0 Å². The molecule has 0 aliphatic carbocycles. The van der Waals surface area contributed by atoms with Crippen molar-refractivity contribution in [3.63, 3.8) is 0 Å². The van der Waals surface area contributed by atoms with Gasteiger partial charge in [0.15, 0.2) is 0 Å². The fraction of sp³-hybridized carbons (Fsp3) is 0.500. The average Bonchev–Trinajstić information content (AvgIpc) is 2.16. The van der Waals surface area contributed by atoms with Gasteiger partial charge in [0, 0.05) is 31.7 Å². The zero-order chi connectivity index (χ0) is 9.97. The minimum absolute atomic E-state index is 0.348. The van der Waals surface area contributed by atoms with Crippen LogP contribution in [0.5, 0.6) is 5.88 Å². The molecular formula is C10H15N3O. The second-order valence-corrected chi connectivity index (χ2v) is 3.63. The minimum Gasteiger partial charge on any atom is -0.481 e. The van der Waals surface area contributed by atoms with Crippen LogP contribution in [0.3, 0.4) is 0 Å². The lowest BCUT2D eigenvalue weighted by molar-refractivity contribution is 0.140. The Morgan fingerprint density at radius 3 is 3.00 bits per heavy atom. The van der Waals surface area contributed by atoms with Crippen molar-refractivity contribution in [2.24, 2.45) is 5.73 Å². The van der Waals surface area contributed by atoms with Crippen LogP contribution in [0.15, 0.2) is 18.2 Å². The highest BCUT2D eigenvalue weighted by atomic mass is 16.5. The summed E-state index contributed by atoms with van der Waals surface area (Å²) in [6, 6.07) is 6.17. The van der Waals surface area contributed by atoms with Gasteiger partial charge in [-0.25, -0.2) is 4.98 Å². The highest BCUT2D eigenvalue weighted by Crippen LogP contribution is 2.12. The van der Waals surface area contributed by atoms with Gasteiger partial charge in [-0.15, -0.1) is 0 Å². The summed E-state index contributed by atoms with van der Waals surface area (Å²) in [4.78, 5) is 6.60. The van der Waals surface area contributed by atoms with E-state index in [4.69, 9.17) is 10.5 Å².